The van der Waals surface area contributed by atoms with Gasteiger partial charge in [0.2, 0.25) is 0 Å². The van der Waals surface area contributed by atoms with Gasteiger partial charge in [-0.25, -0.2) is 0 Å². The fourth-order valence-electron chi connectivity index (χ4n) is 26.5. The highest BCUT2D eigenvalue weighted by Gasteiger charge is 2.42. The van der Waals surface area contributed by atoms with Gasteiger partial charge in [-0.05, 0) is 313 Å². The highest BCUT2D eigenvalue weighted by atomic mass is 15.2. The fraction of sp³-hybridized carbons (Fsp3) is 0.149. The van der Waals surface area contributed by atoms with Gasteiger partial charge in [-0.2, -0.15) is 0 Å². The topological polar surface area (TPSA) is 13.0 Å². The Morgan fingerprint density at radius 2 is 0.407 bits per heavy atom. The number of anilines is 12. The van der Waals surface area contributed by atoms with Gasteiger partial charge < -0.3 is 19.6 Å². The minimum absolute atomic E-state index is 0.0662. The van der Waals surface area contributed by atoms with E-state index in [1.807, 2.05) is 0 Å². The number of hydrogen-bond acceptors (Lipinski definition) is 4. The van der Waals surface area contributed by atoms with Gasteiger partial charge in [0.1, 0.15) is 0 Å². The summed E-state index contributed by atoms with van der Waals surface area (Å²) in [6.07, 6.45) is 0. The van der Waals surface area contributed by atoms with Crippen LogP contribution in [0.4, 0.5) is 68.2 Å². The highest BCUT2D eigenvalue weighted by Crippen LogP contribution is 2.61. The molecule has 29 rings (SSSR count). The average molecular weight is 1870 g/mol. The number of para-hydroxylation sites is 4. The molecule has 24 aromatic rings. The second kappa shape index (κ2) is 32.8. The zero-order valence-corrected chi connectivity index (χ0v) is 85.5. The van der Waals surface area contributed by atoms with E-state index in [-0.39, 0.29) is 27.1 Å². The van der Waals surface area contributed by atoms with Crippen molar-refractivity contribution in [1.82, 2.24) is 0 Å². The van der Waals surface area contributed by atoms with Crippen LogP contribution in [-0.2, 0) is 27.1 Å². The highest BCUT2D eigenvalue weighted by molar-refractivity contribution is 6.32. The molecule has 1 heterocycles. The molecule has 0 amide bonds. The van der Waals surface area contributed by atoms with Crippen molar-refractivity contribution >= 4 is 198 Å². The third-order valence-corrected chi connectivity index (χ3v) is 33.6. The summed E-state index contributed by atoms with van der Waals surface area (Å²) in [5, 5.41) is 32.6. The summed E-state index contributed by atoms with van der Waals surface area (Å²) in [5.41, 5.74) is 36.0. The van der Waals surface area contributed by atoms with Gasteiger partial charge in [-0.1, -0.05) is 407 Å². The Bertz CT molecular complexity index is 9420. The number of aryl methyl sites for hydroxylation is 6. The lowest BCUT2D eigenvalue weighted by atomic mass is 9.69. The van der Waals surface area contributed by atoms with E-state index in [0.717, 1.165) is 11.4 Å². The van der Waals surface area contributed by atoms with Gasteiger partial charge in [0.25, 0.3) is 0 Å². The van der Waals surface area contributed by atoms with Crippen LogP contribution in [0.3, 0.4) is 0 Å². The maximum Gasteiger partial charge on any atom is 0.0546 e. The van der Waals surface area contributed by atoms with E-state index < -0.39 is 0 Å². The van der Waals surface area contributed by atoms with Gasteiger partial charge in [0.15, 0.2) is 0 Å². The monoisotopic (exact) mass is 1860 g/mol. The summed E-state index contributed by atoms with van der Waals surface area (Å²) >= 11 is 0. The van der Waals surface area contributed by atoms with Gasteiger partial charge in [0, 0.05) is 82.7 Å². The van der Waals surface area contributed by atoms with Crippen molar-refractivity contribution in [1.29, 1.82) is 0 Å². The molecule has 0 unspecified atom stereocenters. The number of fused-ring (bicyclic) bond motifs is 2. The number of rotatable bonds is 10. The van der Waals surface area contributed by atoms with Crippen molar-refractivity contribution in [3.05, 3.63) is 502 Å². The zero-order valence-electron chi connectivity index (χ0n) is 85.5. The zero-order chi connectivity index (χ0) is 98.9. The molecule has 0 aromatic heterocycles. The molecule has 0 saturated carbocycles. The lowest BCUT2D eigenvalue weighted by molar-refractivity contribution is 0.632. The van der Waals surface area contributed by atoms with Crippen molar-refractivity contribution in [3.63, 3.8) is 0 Å². The van der Waals surface area contributed by atoms with E-state index >= 15 is 0 Å². The molecule has 4 nitrogen and oxygen atoms in total. The van der Waals surface area contributed by atoms with E-state index in [4.69, 9.17) is 0 Å². The molecule has 0 N–H and O–H groups in total. The maximum atomic E-state index is 2.52. The molecule has 4 heteroatoms. The Labute approximate surface area is 850 Å². The third kappa shape index (κ3) is 13.4. The molecule has 0 saturated heterocycles. The van der Waals surface area contributed by atoms with Gasteiger partial charge in [0.05, 0.1) is 34.1 Å². The minimum atomic E-state index is -0.0801. The van der Waals surface area contributed by atoms with E-state index in [0.29, 0.717) is 0 Å². The van der Waals surface area contributed by atoms with Gasteiger partial charge in [-0.15, -0.1) is 0 Å². The van der Waals surface area contributed by atoms with Crippen molar-refractivity contribution < 1.29 is 0 Å². The Balaban J connectivity index is 0.0000000985. The van der Waals surface area contributed by atoms with Crippen LogP contribution in [0.2, 0.25) is 0 Å². The van der Waals surface area contributed by atoms with E-state index in [1.165, 1.54) is 275 Å². The van der Waals surface area contributed by atoms with E-state index in [2.05, 4.69) is 543 Å². The molecule has 0 fully saturated rings. The molecule has 0 bridgehead atoms. The largest absolute Gasteiger partial charge is 0.310 e. The van der Waals surface area contributed by atoms with Crippen molar-refractivity contribution in [2.75, 3.05) is 19.6 Å². The van der Waals surface area contributed by atoms with Crippen molar-refractivity contribution in [3.8, 4) is 0 Å². The van der Waals surface area contributed by atoms with Crippen molar-refractivity contribution in [2.24, 2.45) is 0 Å². The van der Waals surface area contributed by atoms with E-state index in [1.54, 1.807) is 0 Å². The Kier molecular flexibility index (Phi) is 20.1. The van der Waals surface area contributed by atoms with Crippen LogP contribution in [0.1, 0.15) is 158 Å². The lowest BCUT2D eigenvalue weighted by Crippen LogP contribution is -2.30. The first kappa shape index (κ1) is 88.7. The molecule has 1 aliphatic heterocycles. The first-order chi connectivity index (χ1) is 70.2. The normalized spacial score (nSPS) is 14.5. The van der Waals surface area contributed by atoms with Crippen LogP contribution < -0.4 is 19.6 Å². The summed E-state index contributed by atoms with van der Waals surface area (Å²) in [5.74, 6) is 0. The van der Waals surface area contributed by atoms with Crippen LogP contribution >= 0.6 is 0 Å². The third-order valence-electron chi connectivity index (χ3n) is 33.6. The smallest absolute Gasteiger partial charge is 0.0546 e. The second-order valence-electron chi connectivity index (χ2n) is 44.2. The molecular weight excluding hydrogens is 1750 g/mol. The summed E-state index contributed by atoms with van der Waals surface area (Å²) < 4.78 is 0. The van der Waals surface area contributed by atoms with Crippen LogP contribution in [0, 0.1) is 41.5 Å². The number of benzene rings is 24. The summed E-state index contributed by atoms with van der Waals surface area (Å²) in [6.45, 7) is 36.9. The summed E-state index contributed by atoms with van der Waals surface area (Å²) in [6, 6.07) is 154. The predicted molar refractivity (Wildman–Crippen MR) is 624 cm³/mol. The number of nitrogens with zero attached hydrogens (tertiary/aromatic N) is 4. The molecular formula is C141H116N4. The average Bonchev–Trinajstić information content (AvgIpc) is 0.697. The molecule has 0 spiro atoms. The Morgan fingerprint density at radius 3 is 0.738 bits per heavy atom. The molecule has 700 valence electrons. The molecule has 0 atom stereocenters. The summed E-state index contributed by atoms with van der Waals surface area (Å²) in [7, 11) is 0. The Hall–Kier alpha value is -16.4. The SMILES string of the molecule is CC1(C)c2cccc3ccc4cc(N(c5ccccc5)c5ccccc5)c5cccc1c5c4c23.CC1(C)c2ccccc2N(c2cc3ccc4cccc5c4c3c3c(cccc23)C5(C)C)c2ccccc21.Cc1ccc(N(c2ccc(C)cc2)c2cc3ccc4cccc5c4c3c3c(cccc23)C5(C)C)cc1.Cc1ccc(N(c2ccc(C)cc2C)c2cc3ccc4cccc5c4c3c3c(cccc23)C5(C)C)c(C)c1. The second-order valence-corrected chi connectivity index (χ2v) is 44.2. The van der Waals surface area contributed by atoms with Gasteiger partial charge in [-0.3, -0.25) is 0 Å². The van der Waals surface area contributed by atoms with Crippen molar-refractivity contribution in [2.45, 2.75) is 138 Å². The maximum absolute atomic E-state index is 2.52. The van der Waals surface area contributed by atoms with Crippen LogP contribution in [0.25, 0.3) is 129 Å². The molecule has 24 aromatic carbocycles. The van der Waals surface area contributed by atoms with E-state index in [9.17, 15) is 0 Å². The Morgan fingerprint density at radius 1 is 0.159 bits per heavy atom. The molecule has 0 radical (unpaired) electrons. The number of hydrogen-bond donors (Lipinski definition) is 0. The lowest BCUT2D eigenvalue weighted by Gasteiger charge is -2.43. The molecule has 145 heavy (non-hydrogen) atoms. The first-order valence-electron chi connectivity index (χ1n) is 51.7. The van der Waals surface area contributed by atoms with Crippen LogP contribution in [0.15, 0.2) is 413 Å². The quantitative estimate of drug-likeness (QED) is 0.127. The predicted octanol–water partition coefficient (Wildman–Crippen LogP) is 39.5. The molecule has 5 aliphatic rings. The van der Waals surface area contributed by atoms with Gasteiger partial charge >= 0.3 is 0 Å². The van der Waals surface area contributed by atoms with Crippen LogP contribution in [-0.4, -0.2) is 0 Å². The van der Waals surface area contributed by atoms with Crippen LogP contribution in [0.5, 0.6) is 0 Å². The first-order valence-corrected chi connectivity index (χ1v) is 51.7. The minimum Gasteiger partial charge on any atom is -0.310 e. The standard InChI is InChI=1S/C37H33N.C36H29N.C35H29N.C33H25N/c1-22-13-17-31(24(3)19-22)38(32-18-14-23(2)20-25(32)4)33-21-27-16-15-26-9-7-11-29-34(26)35(27)36-28(33)10-8-12-30(36)37(29,5)6;1-35(2)25-13-5-7-17-29(25)37(30-18-8-6-14-26(30)35)31-21-23-20-19-22-11-9-15-27-32(22)33(23)34-24(31)12-10-16-28(34)36(27,3)4;1-22-11-17-26(18-12-22)36(27-19-13-23(2)14-20-27)31-21-25-16-15-24-7-5-9-29-32(24)33(25)34-28(31)8-6-10-30(34)35(29,3)4;1-33(2)27-17-9-11-22-19-20-23-21-29(26-16-10-18-28(33)32(26)31(23)30(22)27)34(24-12-5-3-6-13-24)25-14-7-4-8-15-25/h7-21H,1-6H3;5-21H,1-4H3;5-21H,1-4H3;3-21H,1-2H3. The molecule has 4 aliphatic carbocycles. The fourth-order valence-corrected chi connectivity index (χ4v) is 26.5. The summed E-state index contributed by atoms with van der Waals surface area (Å²) in [4.78, 5) is 9.84.